The lowest BCUT2D eigenvalue weighted by Gasteiger charge is -2.22. The van der Waals surface area contributed by atoms with E-state index in [2.05, 4.69) is 0 Å². The number of benzene rings is 1. The number of amides is 2. The van der Waals surface area contributed by atoms with Crippen LogP contribution in [0.4, 0.5) is 0 Å². The fraction of sp³-hybridized carbons (Fsp3) is 0.429. The minimum absolute atomic E-state index is 0.0749. The molecular formula is C14H17ClN2O2. The van der Waals surface area contributed by atoms with Gasteiger partial charge in [0.1, 0.15) is 0 Å². The molecule has 1 aromatic rings. The second-order valence-electron chi connectivity index (χ2n) is 4.72. The van der Waals surface area contributed by atoms with E-state index in [4.69, 9.17) is 11.6 Å². The van der Waals surface area contributed by atoms with Crippen LogP contribution in [-0.2, 0) is 4.79 Å². The van der Waals surface area contributed by atoms with E-state index in [1.54, 1.807) is 36.2 Å². The molecule has 0 spiro atoms. The van der Waals surface area contributed by atoms with Gasteiger partial charge in [0, 0.05) is 43.7 Å². The molecule has 2 rings (SSSR count). The quantitative estimate of drug-likeness (QED) is 0.847. The first-order valence-corrected chi connectivity index (χ1v) is 6.74. The minimum atomic E-state index is -0.0749. The van der Waals surface area contributed by atoms with E-state index in [1.807, 2.05) is 4.90 Å². The zero-order valence-electron chi connectivity index (χ0n) is 10.9. The van der Waals surface area contributed by atoms with Gasteiger partial charge in [-0.1, -0.05) is 17.7 Å². The van der Waals surface area contributed by atoms with Crippen LogP contribution >= 0.6 is 11.6 Å². The summed E-state index contributed by atoms with van der Waals surface area (Å²) in [5.74, 6) is 0.109. The number of likely N-dealkylation sites (N-methyl/N-ethyl adjacent to an activating group) is 1. The summed E-state index contributed by atoms with van der Waals surface area (Å²) in [4.78, 5) is 27.1. The monoisotopic (exact) mass is 280 g/mol. The highest BCUT2D eigenvalue weighted by Gasteiger charge is 2.21. The van der Waals surface area contributed by atoms with Gasteiger partial charge in [-0.25, -0.2) is 0 Å². The van der Waals surface area contributed by atoms with Crippen LogP contribution in [0.1, 0.15) is 23.2 Å². The van der Waals surface area contributed by atoms with Gasteiger partial charge in [0.2, 0.25) is 5.91 Å². The van der Waals surface area contributed by atoms with Gasteiger partial charge in [-0.05, 0) is 24.6 Å². The van der Waals surface area contributed by atoms with Crippen LogP contribution in [0.15, 0.2) is 24.3 Å². The highest BCUT2D eigenvalue weighted by atomic mass is 35.5. The van der Waals surface area contributed by atoms with Crippen molar-refractivity contribution < 1.29 is 9.59 Å². The predicted molar refractivity (Wildman–Crippen MR) is 74.2 cm³/mol. The maximum Gasteiger partial charge on any atom is 0.253 e. The Morgan fingerprint density at radius 1 is 1.47 bits per heavy atom. The Morgan fingerprint density at radius 3 is 2.89 bits per heavy atom. The van der Waals surface area contributed by atoms with Gasteiger partial charge in [0.05, 0.1) is 0 Å². The van der Waals surface area contributed by atoms with Crippen molar-refractivity contribution in [2.75, 3.05) is 26.7 Å². The van der Waals surface area contributed by atoms with E-state index in [9.17, 15) is 9.59 Å². The second-order valence-corrected chi connectivity index (χ2v) is 5.16. The largest absolute Gasteiger partial charge is 0.341 e. The number of hydrogen-bond donors (Lipinski definition) is 0. The van der Waals surface area contributed by atoms with E-state index in [0.717, 1.165) is 13.0 Å². The molecular weight excluding hydrogens is 264 g/mol. The van der Waals surface area contributed by atoms with Gasteiger partial charge in [-0.15, -0.1) is 0 Å². The Bertz CT molecular complexity index is 490. The highest BCUT2D eigenvalue weighted by Crippen LogP contribution is 2.13. The second kappa shape index (κ2) is 6.06. The third kappa shape index (κ3) is 3.47. The zero-order valence-corrected chi connectivity index (χ0v) is 11.7. The van der Waals surface area contributed by atoms with E-state index >= 15 is 0 Å². The summed E-state index contributed by atoms with van der Waals surface area (Å²) in [6, 6.07) is 6.89. The van der Waals surface area contributed by atoms with Gasteiger partial charge < -0.3 is 9.80 Å². The van der Waals surface area contributed by atoms with Gasteiger partial charge in [0.15, 0.2) is 0 Å². The zero-order chi connectivity index (χ0) is 13.8. The molecule has 0 radical (unpaired) electrons. The lowest BCUT2D eigenvalue weighted by atomic mass is 10.2. The molecule has 19 heavy (non-hydrogen) atoms. The summed E-state index contributed by atoms with van der Waals surface area (Å²) in [6.07, 6.45) is 1.55. The van der Waals surface area contributed by atoms with Crippen molar-refractivity contribution in [2.24, 2.45) is 0 Å². The smallest absolute Gasteiger partial charge is 0.253 e. The number of nitrogens with zero attached hydrogens (tertiary/aromatic N) is 2. The molecule has 0 aliphatic carbocycles. The van der Waals surface area contributed by atoms with E-state index < -0.39 is 0 Å². The molecule has 1 aliphatic rings. The van der Waals surface area contributed by atoms with E-state index in [-0.39, 0.29) is 11.8 Å². The topological polar surface area (TPSA) is 40.6 Å². The number of halogens is 1. The van der Waals surface area contributed by atoms with Crippen LogP contribution in [0.25, 0.3) is 0 Å². The first-order chi connectivity index (χ1) is 9.08. The number of carbonyl (C=O) groups is 2. The molecule has 1 aliphatic heterocycles. The van der Waals surface area contributed by atoms with Crippen LogP contribution in [0, 0.1) is 0 Å². The van der Waals surface area contributed by atoms with Crippen molar-refractivity contribution in [3.8, 4) is 0 Å². The van der Waals surface area contributed by atoms with Gasteiger partial charge in [-0.2, -0.15) is 0 Å². The van der Waals surface area contributed by atoms with Crippen molar-refractivity contribution in [1.82, 2.24) is 9.80 Å². The molecule has 1 fully saturated rings. The average Bonchev–Trinajstić information content (AvgIpc) is 2.80. The molecule has 2 amide bonds. The van der Waals surface area contributed by atoms with Gasteiger partial charge in [0.25, 0.3) is 5.91 Å². The first kappa shape index (κ1) is 13.9. The molecule has 1 aromatic carbocycles. The molecule has 0 atom stereocenters. The summed E-state index contributed by atoms with van der Waals surface area (Å²) in [5, 5.41) is 0.550. The fourth-order valence-electron chi connectivity index (χ4n) is 2.15. The SMILES string of the molecule is CN(CCN1CCCC1=O)C(=O)c1cccc(Cl)c1. The molecule has 0 unspecified atom stereocenters. The molecule has 1 saturated heterocycles. The summed E-state index contributed by atoms with van der Waals surface area (Å²) >= 11 is 5.87. The number of hydrogen-bond acceptors (Lipinski definition) is 2. The summed E-state index contributed by atoms with van der Waals surface area (Å²) in [5.41, 5.74) is 0.572. The Labute approximate surface area is 117 Å². The predicted octanol–water partition coefficient (Wildman–Crippen LogP) is 2.03. The van der Waals surface area contributed by atoms with Crippen LogP contribution in [0.5, 0.6) is 0 Å². The van der Waals surface area contributed by atoms with Crippen molar-refractivity contribution >= 4 is 23.4 Å². The van der Waals surface area contributed by atoms with E-state index in [0.29, 0.717) is 30.1 Å². The third-order valence-corrected chi connectivity index (χ3v) is 3.53. The lowest BCUT2D eigenvalue weighted by Crippen LogP contribution is -2.36. The third-order valence-electron chi connectivity index (χ3n) is 3.29. The maximum absolute atomic E-state index is 12.1. The van der Waals surface area contributed by atoms with Crippen molar-refractivity contribution in [1.29, 1.82) is 0 Å². The number of carbonyl (C=O) groups excluding carboxylic acids is 2. The molecule has 4 nitrogen and oxygen atoms in total. The fourth-order valence-corrected chi connectivity index (χ4v) is 2.34. The number of rotatable bonds is 4. The van der Waals surface area contributed by atoms with Crippen LogP contribution < -0.4 is 0 Å². The normalized spacial score (nSPS) is 14.8. The molecule has 102 valence electrons. The van der Waals surface area contributed by atoms with Crippen molar-refractivity contribution in [3.63, 3.8) is 0 Å². The molecule has 0 N–H and O–H groups in total. The lowest BCUT2D eigenvalue weighted by molar-refractivity contribution is -0.127. The van der Waals surface area contributed by atoms with Crippen molar-refractivity contribution in [2.45, 2.75) is 12.8 Å². The molecule has 1 heterocycles. The molecule has 0 bridgehead atoms. The molecule has 0 saturated carbocycles. The Kier molecular flexibility index (Phi) is 4.43. The van der Waals surface area contributed by atoms with E-state index in [1.165, 1.54) is 0 Å². The maximum atomic E-state index is 12.1. The summed E-state index contributed by atoms with van der Waals surface area (Å²) in [7, 11) is 1.74. The first-order valence-electron chi connectivity index (χ1n) is 6.37. The van der Waals surface area contributed by atoms with Crippen LogP contribution in [0.3, 0.4) is 0 Å². The average molecular weight is 281 g/mol. The standard InChI is InChI=1S/C14H17ClN2O2/c1-16(8-9-17-7-3-6-13(17)18)14(19)11-4-2-5-12(15)10-11/h2,4-5,10H,3,6-9H2,1H3. The molecule has 5 heteroatoms. The summed E-state index contributed by atoms with van der Waals surface area (Å²) < 4.78 is 0. The van der Waals surface area contributed by atoms with Crippen LogP contribution in [-0.4, -0.2) is 48.3 Å². The van der Waals surface area contributed by atoms with Crippen LogP contribution in [0.2, 0.25) is 5.02 Å². The Hall–Kier alpha value is -1.55. The summed E-state index contributed by atoms with van der Waals surface area (Å²) in [6.45, 7) is 1.94. The molecule has 0 aromatic heterocycles. The van der Waals surface area contributed by atoms with Gasteiger partial charge in [-0.3, -0.25) is 9.59 Å². The Morgan fingerprint density at radius 2 is 2.26 bits per heavy atom. The van der Waals surface area contributed by atoms with Gasteiger partial charge >= 0.3 is 0 Å². The Balaban J connectivity index is 1.90. The number of likely N-dealkylation sites (tertiary alicyclic amines) is 1. The minimum Gasteiger partial charge on any atom is -0.341 e. The van der Waals surface area contributed by atoms with Crippen molar-refractivity contribution in [3.05, 3.63) is 34.9 Å². The highest BCUT2D eigenvalue weighted by molar-refractivity contribution is 6.30.